The van der Waals surface area contributed by atoms with Crippen molar-refractivity contribution in [3.05, 3.63) is 88.5 Å². The van der Waals surface area contributed by atoms with Gasteiger partial charge in [0.1, 0.15) is 0 Å². The van der Waals surface area contributed by atoms with Crippen LogP contribution in [0.15, 0.2) is 67.3 Å². The average molecular weight is 336 g/mol. The Morgan fingerprint density at radius 3 is 2.40 bits per heavy atom. The number of non-ortho nitro benzene ring substituents is 1. The highest BCUT2D eigenvalue weighted by molar-refractivity contribution is 5.94. The fraction of sp³-hybridized carbons (Fsp3) is 0.111. The zero-order valence-electron chi connectivity index (χ0n) is 13.5. The van der Waals surface area contributed by atoms with Crippen LogP contribution in [0.1, 0.15) is 28.9 Å². The van der Waals surface area contributed by atoms with E-state index in [1.54, 1.807) is 12.5 Å². The molecule has 0 bridgehead atoms. The van der Waals surface area contributed by atoms with E-state index in [-0.39, 0.29) is 17.6 Å². The van der Waals surface area contributed by atoms with E-state index in [0.29, 0.717) is 5.56 Å². The number of nitrogens with one attached hydrogen (secondary N) is 1. The smallest absolute Gasteiger partial charge is 0.269 e. The van der Waals surface area contributed by atoms with Gasteiger partial charge in [0, 0.05) is 35.8 Å². The number of amides is 1. The van der Waals surface area contributed by atoms with Crippen molar-refractivity contribution >= 4 is 11.6 Å². The summed E-state index contributed by atoms with van der Waals surface area (Å²) < 4.78 is 1.89. The maximum atomic E-state index is 12.3. The summed E-state index contributed by atoms with van der Waals surface area (Å²) in [4.78, 5) is 26.4. The number of nitro benzene ring substituents is 1. The van der Waals surface area contributed by atoms with E-state index in [0.717, 1.165) is 11.3 Å². The Balaban J connectivity index is 1.67. The summed E-state index contributed by atoms with van der Waals surface area (Å²) >= 11 is 0. The number of benzene rings is 2. The van der Waals surface area contributed by atoms with Gasteiger partial charge in [-0.05, 0) is 36.8 Å². The molecule has 3 aromatic rings. The zero-order chi connectivity index (χ0) is 17.8. The fourth-order valence-corrected chi connectivity index (χ4v) is 2.44. The Kier molecular flexibility index (Phi) is 4.56. The van der Waals surface area contributed by atoms with Crippen LogP contribution in [0.25, 0.3) is 5.69 Å². The molecular formula is C18H16N4O3. The molecule has 126 valence electrons. The Labute approximate surface area is 144 Å². The van der Waals surface area contributed by atoms with Gasteiger partial charge in [-0.15, -0.1) is 0 Å². The summed E-state index contributed by atoms with van der Waals surface area (Å²) in [6.45, 7) is 1.88. The summed E-state index contributed by atoms with van der Waals surface area (Å²) in [6, 6.07) is 13.1. The standard InChI is InChI=1S/C18H16N4O3/c1-13(14-2-6-16(7-3-14)21-11-10-19-12-21)20-18(23)15-4-8-17(9-5-15)22(24)25/h2-13H,1H3,(H,20,23). The van der Waals surface area contributed by atoms with E-state index in [1.165, 1.54) is 24.3 Å². The van der Waals surface area contributed by atoms with Gasteiger partial charge in [0.25, 0.3) is 11.6 Å². The van der Waals surface area contributed by atoms with Gasteiger partial charge in [0.2, 0.25) is 0 Å². The largest absolute Gasteiger partial charge is 0.346 e. The van der Waals surface area contributed by atoms with Crippen molar-refractivity contribution in [2.45, 2.75) is 13.0 Å². The minimum absolute atomic E-state index is 0.0420. The van der Waals surface area contributed by atoms with Crippen LogP contribution >= 0.6 is 0 Å². The van der Waals surface area contributed by atoms with Crippen LogP contribution in [0.2, 0.25) is 0 Å². The Morgan fingerprint density at radius 1 is 1.16 bits per heavy atom. The van der Waals surface area contributed by atoms with Gasteiger partial charge in [-0.3, -0.25) is 14.9 Å². The fourth-order valence-electron chi connectivity index (χ4n) is 2.44. The molecule has 0 aliphatic carbocycles. The van der Waals surface area contributed by atoms with Crippen LogP contribution in [0.5, 0.6) is 0 Å². The van der Waals surface area contributed by atoms with Crippen molar-refractivity contribution in [3.63, 3.8) is 0 Å². The quantitative estimate of drug-likeness (QED) is 0.572. The van der Waals surface area contributed by atoms with E-state index in [9.17, 15) is 14.9 Å². The SMILES string of the molecule is CC(NC(=O)c1ccc([N+](=O)[O-])cc1)c1ccc(-n2ccnc2)cc1. The summed E-state index contributed by atoms with van der Waals surface area (Å²) in [6.07, 6.45) is 5.28. The van der Waals surface area contributed by atoms with Gasteiger partial charge in [-0.1, -0.05) is 12.1 Å². The van der Waals surface area contributed by atoms with E-state index >= 15 is 0 Å². The van der Waals surface area contributed by atoms with Gasteiger partial charge >= 0.3 is 0 Å². The lowest BCUT2D eigenvalue weighted by Crippen LogP contribution is -2.26. The first-order valence-corrected chi connectivity index (χ1v) is 7.68. The molecule has 7 heteroatoms. The maximum Gasteiger partial charge on any atom is 0.269 e. The predicted octanol–water partition coefficient (Wildman–Crippen LogP) is 3.27. The molecule has 25 heavy (non-hydrogen) atoms. The molecular weight excluding hydrogens is 320 g/mol. The third-order valence-corrected chi connectivity index (χ3v) is 3.88. The molecule has 1 amide bonds. The molecule has 1 N–H and O–H groups in total. The van der Waals surface area contributed by atoms with Crippen molar-refractivity contribution in [1.82, 2.24) is 14.9 Å². The molecule has 7 nitrogen and oxygen atoms in total. The normalized spacial score (nSPS) is 11.7. The topological polar surface area (TPSA) is 90.1 Å². The second-order valence-electron chi connectivity index (χ2n) is 5.56. The second kappa shape index (κ2) is 6.96. The number of hydrogen-bond acceptors (Lipinski definition) is 4. The number of aromatic nitrogens is 2. The lowest BCUT2D eigenvalue weighted by molar-refractivity contribution is -0.384. The van der Waals surface area contributed by atoms with Gasteiger partial charge in [-0.25, -0.2) is 4.98 Å². The van der Waals surface area contributed by atoms with Gasteiger partial charge in [0.05, 0.1) is 17.3 Å². The molecule has 1 atom stereocenters. The Bertz CT molecular complexity index is 872. The van der Waals surface area contributed by atoms with Crippen LogP contribution in [-0.4, -0.2) is 20.4 Å². The van der Waals surface area contributed by atoms with Crippen molar-refractivity contribution < 1.29 is 9.72 Å². The van der Waals surface area contributed by atoms with Gasteiger partial charge in [-0.2, -0.15) is 0 Å². The van der Waals surface area contributed by atoms with Crippen molar-refractivity contribution in [2.75, 3.05) is 0 Å². The molecule has 0 aliphatic heterocycles. The molecule has 0 fully saturated rings. The Morgan fingerprint density at radius 2 is 1.84 bits per heavy atom. The van der Waals surface area contributed by atoms with Crippen LogP contribution in [0.3, 0.4) is 0 Å². The lowest BCUT2D eigenvalue weighted by Gasteiger charge is -2.15. The van der Waals surface area contributed by atoms with Crippen LogP contribution in [-0.2, 0) is 0 Å². The van der Waals surface area contributed by atoms with Crippen LogP contribution < -0.4 is 5.32 Å². The maximum absolute atomic E-state index is 12.3. The van der Waals surface area contributed by atoms with E-state index in [4.69, 9.17) is 0 Å². The minimum atomic E-state index is -0.494. The second-order valence-corrected chi connectivity index (χ2v) is 5.56. The highest BCUT2D eigenvalue weighted by atomic mass is 16.6. The van der Waals surface area contributed by atoms with Crippen molar-refractivity contribution in [2.24, 2.45) is 0 Å². The van der Waals surface area contributed by atoms with Crippen LogP contribution in [0.4, 0.5) is 5.69 Å². The number of nitrogens with zero attached hydrogens (tertiary/aromatic N) is 3. The molecule has 0 saturated carbocycles. The molecule has 3 rings (SSSR count). The monoisotopic (exact) mass is 336 g/mol. The number of hydrogen-bond donors (Lipinski definition) is 1. The molecule has 0 radical (unpaired) electrons. The number of carbonyl (C=O) groups excluding carboxylic acids is 1. The van der Waals surface area contributed by atoms with Gasteiger partial charge in [0.15, 0.2) is 0 Å². The summed E-state index contributed by atoms with van der Waals surface area (Å²) in [5.41, 5.74) is 2.28. The molecule has 0 spiro atoms. The van der Waals surface area contributed by atoms with E-state index in [2.05, 4.69) is 10.3 Å². The summed E-state index contributed by atoms with van der Waals surface area (Å²) in [5, 5.41) is 13.5. The molecule has 1 heterocycles. The van der Waals surface area contributed by atoms with E-state index < -0.39 is 4.92 Å². The van der Waals surface area contributed by atoms with E-state index in [1.807, 2.05) is 42.0 Å². The van der Waals surface area contributed by atoms with Crippen LogP contribution in [0, 0.1) is 10.1 Å². The number of nitro groups is 1. The molecule has 2 aromatic carbocycles. The number of rotatable bonds is 5. The Hall–Kier alpha value is -3.48. The first-order valence-electron chi connectivity index (χ1n) is 7.68. The molecule has 0 aliphatic rings. The van der Waals surface area contributed by atoms with Gasteiger partial charge < -0.3 is 9.88 Å². The zero-order valence-corrected chi connectivity index (χ0v) is 13.5. The first kappa shape index (κ1) is 16.4. The summed E-state index contributed by atoms with van der Waals surface area (Å²) in [5.74, 6) is -0.277. The van der Waals surface area contributed by atoms with Crippen molar-refractivity contribution in [1.29, 1.82) is 0 Å². The number of carbonyl (C=O) groups is 1. The highest BCUT2D eigenvalue weighted by Crippen LogP contribution is 2.17. The average Bonchev–Trinajstić information content (AvgIpc) is 3.16. The molecule has 1 unspecified atom stereocenters. The summed E-state index contributed by atoms with van der Waals surface area (Å²) in [7, 11) is 0. The minimum Gasteiger partial charge on any atom is -0.346 e. The highest BCUT2D eigenvalue weighted by Gasteiger charge is 2.13. The number of imidazole rings is 1. The third-order valence-electron chi connectivity index (χ3n) is 3.88. The lowest BCUT2D eigenvalue weighted by atomic mass is 10.1. The first-order chi connectivity index (χ1) is 12.0. The molecule has 0 saturated heterocycles. The third kappa shape index (κ3) is 3.72. The van der Waals surface area contributed by atoms with Crippen molar-refractivity contribution in [3.8, 4) is 5.69 Å². The molecule has 1 aromatic heterocycles. The predicted molar refractivity (Wildman–Crippen MR) is 92.5 cm³/mol.